The Morgan fingerprint density at radius 3 is 2.44 bits per heavy atom. The van der Waals surface area contributed by atoms with Crippen LogP contribution in [0.5, 0.6) is 11.5 Å². The second-order valence-corrected chi connectivity index (χ2v) is 7.23. The van der Waals surface area contributed by atoms with Gasteiger partial charge in [0.05, 0.1) is 13.2 Å². The minimum Gasteiger partial charge on any atom is -0.493 e. The molecule has 0 radical (unpaired) electrons. The van der Waals surface area contributed by atoms with Gasteiger partial charge in [-0.05, 0) is 61.9 Å². The summed E-state index contributed by atoms with van der Waals surface area (Å²) in [6, 6.07) is 3.98. The summed E-state index contributed by atoms with van der Waals surface area (Å²) in [5.41, 5.74) is 2.20. The number of unbranched alkanes of at least 4 members (excludes halogenated alkanes) is 3. The Balaban J connectivity index is 2.35. The molecular weight excluding hydrogens is 387 g/mol. The third-order valence-corrected chi connectivity index (χ3v) is 4.31. The molecule has 4 nitrogen and oxygen atoms in total. The van der Waals surface area contributed by atoms with Gasteiger partial charge in [-0.15, -0.1) is 0 Å². The molecule has 0 bridgehead atoms. The molecule has 0 aliphatic heterocycles. The third-order valence-electron chi connectivity index (χ3n) is 4.00. The Labute approximate surface area is 172 Å². The van der Waals surface area contributed by atoms with Gasteiger partial charge in [0, 0.05) is 13.0 Å². The molecule has 27 heavy (non-hydrogen) atoms. The standard InChI is InChI=1S/C21H30Cl2O4/c1-3-18-16-19(26-14-9-20(22)23)15-17(2)21(18)27-13-7-5-4-6-11-25-12-8-10-24/h9-10,15-16H,3-8,11-14H2,1-2H3. The number of aryl methyl sites for hydroxylation is 2. The van der Waals surface area contributed by atoms with E-state index >= 15 is 0 Å². The van der Waals surface area contributed by atoms with Crippen LogP contribution in [-0.2, 0) is 16.0 Å². The Kier molecular flexibility index (Phi) is 13.0. The maximum atomic E-state index is 10.2. The smallest absolute Gasteiger partial charge is 0.125 e. The molecule has 0 aliphatic carbocycles. The molecule has 6 heteroatoms. The van der Waals surface area contributed by atoms with Crippen LogP contribution in [0.2, 0.25) is 0 Å². The predicted molar refractivity (Wildman–Crippen MR) is 111 cm³/mol. The van der Waals surface area contributed by atoms with E-state index in [2.05, 4.69) is 6.92 Å². The molecule has 1 aromatic rings. The summed E-state index contributed by atoms with van der Waals surface area (Å²) >= 11 is 11.2. The fourth-order valence-corrected chi connectivity index (χ4v) is 2.76. The van der Waals surface area contributed by atoms with Crippen molar-refractivity contribution in [2.24, 2.45) is 0 Å². The molecule has 0 atom stereocenters. The van der Waals surface area contributed by atoms with Crippen LogP contribution in [0, 0.1) is 6.92 Å². The first-order chi connectivity index (χ1) is 13.1. The van der Waals surface area contributed by atoms with Gasteiger partial charge in [-0.1, -0.05) is 36.5 Å². The van der Waals surface area contributed by atoms with Crippen LogP contribution in [0.1, 0.15) is 50.2 Å². The topological polar surface area (TPSA) is 44.8 Å². The van der Waals surface area contributed by atoms with E-state index in [1.165, 1.54) is 0 Å². The highest BCUT2D eigenvalue weighted by Gasteiger charge is 2.09. The average Bonchev–Trinajstić information content (AvgIpc) is 2.64. The summed E-state index contributed by atoms with van der Waals surface area (Å²) in [6.07, 6.45) is 8.08. The second kappa shape index (κ2) is 14.8. The quantitative estimate of drug-likeness (QED) is 0.267. The summed E-state index contributed by atoms with van der Waals surface area (Å²) in [6.45, 7) is 6.42. The van der Waals surface area contributed by atoms with Crippen LogP contribution < -0.4 is 9.47 Å². The zero-order valence-corrected chi connectivity index (χ0v) is 17.8. The van der Waals surface area contributed by atoms with E-state index in [-0.39, 0.29) is 4.49 Å². The number of ether oxygens (including phenoxy) is 3. The van der Waals surface area contributed by atoms with Crippen LogP contribution in [0.15, 0.2) is 22.7 Å². The lowest BCUT2D eigenvalue weighted by molar-refractivity contribution is -0.108. The van der Waals surface area contributed by atoms with Gasteiger partial charge in [0.25, 0.3) is 0 Å². The zero-order valence-electron chi connectivity index (χ0n) is 16.3. The van der Waals surface area contributed by atoms with Crippen molar-refractivity contribution in [2.45, 2.75) is 52.4 Å². The molecule has 0 saturated carbocycles. The van der Waals surface area contributed by atoms with Gasteiger partial charge < -0.3 is 19.0 Å². The highest BCUT2D eigenvalue weighted by Crippen LogP contribution is 2.30. The van der Waals surface area contributed by atoms with Crippen LogP contribution in [0.25, 0.3) is 0 Å². The lowest BCUT2D eigenvalue weighted by Crippen LogP contribution is -2.04. The van der Waals surface area contributed by atoms with Crippen LogP contribution in [0.3, 0.4) is 0 Å². The number of benzene rings is 1. The van der Waals surface area contributed by atoms with Gasteiger partial charge in [-0.3, -0.25) is 0 Å². The van der Waals surface area contributed by atoms with Gasteiger partial charge in [0.2, 0.25) is 0 Å². The lowest BCUT2D eigenvalue weighted by Gasteiger charge is -2.15. The van der Waals surface area contributed by atoms with Crippen molar-refractivity contribution in [3.8, 4) is 11.5 Å². The molecule has 1 aromatic carbocycles. The summed E-state index contributed by atoms with van der Waals surface area (Å²) in [7, 11) is 0. The maximum Gasteiger partial charge on any atom is 0.125 e. The monoisotopic (exact) mass is 416 g/mol. The summed E-state index contributed by atoms with van der Waals surface area (Å²) in [5, 5.41) is 0. The number of carbonyl (C=O) groups excluding carboxylic acids is 1. The Hall–Kier alpha value is -1.23. The van der Waals surface area contributed by atoms with Crippen molar-refractivity contribution >= 4 is 29.5 Å². The number of rotatable bonds is 15. The number of halogens is 2. The van der Waals surface area contributed by atoms with Gasteiger partial charge in [0.15, 0.2) is 0 Å². The molecule has 0 aliphatic rings. The lowest BCUT2D eigenvalue weighted by atomic mass is 10.1. The normalized spacial score (nSPS) is 10.5. The number of carbonyl (C=O) groups is 1. The third kappa shape index (κ3) is 10.6. The van der Waals surface area contributed by atoms with Crippen molar-refractivity contribution in [1.82, 2.24) is 0 Å². The van der Waals surface area contributed by atoms with E-state index in [0.29, 0.717) is 26.2 Å². The molecule has 0 heterocycles. The van der Waals surface area contributed by atoms with Crippen molar-refractivity contribution < 1.29 is 19.0 Å². The van der Waals surface area contributed by atoms with Crippen LogP contribution in [0.4, 0.5) is 0 Å². The van der Waals surface area contributed by atoms with Gasteiger partial charge in [-0.25, -0.2) is 0 Å². The van der Waals surface area contributed by atoms with E-state index in [0.717, 1.165) is 67.6 Å². The Morgan fingerprint density at radius 2 is 1.78 bits per heavy atom. The van der Waals surface area contributed by atoms with E-state index < -0.39 is 0 Å². The predicted octanol–water partition coefficient (Wildman–Crippen LogP) is 5.80. The van der Waals surface area contributed by atoms with Crippen LogP contribution in [-0.4, -0.2) is 32.7 Å². The van der Waals surface area contributed by atoms with Gasteiger partial charge in [-0.2, -0.15) is 0 Å². The molecule has 1 rings (SSSR count). The first-order valence-corrected chi connectivity index (χ1v) is 10.3. The summed E-state index contributed by atoms with van der Waals surface area (Å²) in [4.78, 5) is 10.2. The van der Waals surface area contributed by atoms with E-state index in [1.807, 2.05) is 19.1 Å². The van der Waals surface area contributed by atoms with E-state index in [4.69, 9.17) is 37.4 Å². The number of hydrogen-bond donors (Lipinski definition) is 0. The molecule has 0 saturated heterocycles. The fraction of sp³-hybridized carbons (Fsp3) is 0.571. The first-order valence-electron chi connectivity index (χ1n) is 9.50. The molecule has 0 aromatic heterocycles. The average molecular weight is 417 g/mol. The molecule has 0 amide bonds. The Morgan fingerprint density at radius 1 is 1.04 bits per heavy atom. The molecule has 0 spiro atoms. The minimum absolute atomic E-state index is 0.204. The highest BCUT2D eigenvalue weighted by molar-refractivity contribution is 6.55. The first kappa shape index (κ1) is 23.8. The molecule has 0 fully saturated rings. The van der Waals surface area contributed by atoms with E-state index in [9.17, 15) is 4.79 Å². The molecule has 0 N–H and O–H groups in total. The maximum absolute atomic E-state index is 10.2. The largest absolute Gasteiger partial charge is 0.493 e. The minimum atomic E-state index is 0.204. The van der Waals surface area contributed by atoms with Crippen molar-refractivity contribution in [3.05, 3.63) is 33.8 Å². The zero-order chi connectivity index (χ0) is 19.9. The highest BCUT2D eigenvalue weighted by atomic mass is 35.5. The number of aldehydes is 1. The summed E-state index contributed by atoms with van der Waals surface area (Å²) < 4.78 is 17.3. The van der Waals surface area contributed by atoms with Crippen molar-refractivity contribution in [3.63, 3.8) is 0 Å². The van der Waals surface area contributed by atoms with E-state index in [1.54, 1.807) is 6.08 Å². The summed E-state index contributed by atoms with van der Waals surface area (Å²) in [5.74, 6) is 1.74. The Bertz CT molecular complexity index is 584. The molecule has 152 valence electrons. The van der Waals surface area contributed by atoms with Gasteiger partial charge >= 0.3 is 0 Å². The fourth-order valence-electron chi connectivity index (χ4n) is 2.63. The van der Waals surface area contributed by atoms with Crippen LogP contribution >= 0.6 is 23.2 Å². The molecular formula is C21H30Cl2O4. The second-order valence-electron chi connectivity index (χ2n) is 6.22. The SMILES string of the molecule is CCc1cc(OCC=C(Cl)Cl)cc(C)c1OCCCCCCOCCC=O. The number of hydrogen-bond acceptors (Lipinski definition) is 4. The van der Waals surface area contributed by atoms with Crippen molar-refractivity contribution in [1.29, 1.82) is 0 Å². The van der Waals surface area contributed by atoms with Gasteiger partial charge in [0.1, 0.15) is 28.9 Å². The molecule has 0 unspecified atom stereocenters. The van der Waals surface area contributed by atoms with Crippen molar-refractivity contribution in [2.75, 3.05) is 26.4 Å².